The van der Waals surface area contributed by atoms with Crippen LogP contribution >= 0.6 is 0 Å². The summed E-state index contributed by atoms with van der Waals surface area (Å²) >= 11 is 0. The summed E-state index contributed by atoms with van der Waals surface area (Å²) in [6, 6.07) is 8.78. The van der Waals surface area contributed by atoms with Crippen LogP contribution in [0.3, 0.4) is 0 Å². The minimum Gasteiger partial charge on any atom is -0.319 e. The molecule has 0 bridgehead atoms. The van der Waals surface area contributed by atoms with E-state index in [4.69, 9.17) is 0 Å². The Balaban J connectivity index is 1.84. The topological polar surface area (TPSA) is 24.1 Å². The van der Waals surface area contributed by atoms with Gasteiger partial charge in [0.1, 0.15) is 0 Å². The van der Waals surface area contributed by atoms with Crippen LogP contribution in [0.2, 0.25) is 0 Å². The molecule has 2 heteroatoms. The lowest BCUT2D eigenvalue weighted by Gasteiger charge is -2.38. The van der Waals surface area contributed by atoms with Crippen molar-refractivity contribution in [3.63, 3.8) is 0 Å². The highest BCUT2D eigenvalue weighted by Gasteiger charge is 2.30. The molecule has 0 spiro atoms. The van der Waals surface area contributed by atoms with E-state index in [9.17, 15) is 0 Å². The molecule has 1 saturated carbocycles. The van der Waals surface area contributed by atoms with Gasteiger partial charge in [-0.25, -0.2) is 0 Å². The Kier molecular flexibility index (Phi) is 4.79. The number of nitrogens with one attached hydrogen (secondary N) is 2. The monoisotopic (exact) mass is 246 g/mol. The van der Waals surface area contributed by atoms with Crippen molar-refractivity contribution in [2.45, 2.75) is 39.2 Å². The second-order valence-corrected chi connectivity index (χ2v) is 5.89. The average molecular weight is 246 g/mol. The minimum absolute atomic E-state index is 0.569. The van der Waals surface area contributed by atoms with Crippen molar-refractivity contribution >= 4 is 0 Å². The van der Waals surface area contributed by atoms with E-state index in [1.807, 2.05) is 7.05 Å². The molecule has 1 fully saturated rings. The molecule has 0 aliphatic heterocycles. The number of benzene rings is 1. The van der Waals surface area contributed by atoms with Gasteiger partial charge < -0.3 is 10.6 Å². The van der Waals surface area contributed by atoms with Crippen molar-refractivity contribution in [3.8, 4) is 0 Å². The maximum absolute atomic E-state index is 3.64. The second kappa shape index (κ2) is 6.35. The summed E-state index contributed by atoms with van der Waals surface area (Å²) in [7, 11) is 2.01. The van der Waals surface area contributed by atoms with E-state index >= 15 is 0 Å². The summed E-state index contributed by atoms with van der Waals surface area (Å²) in [5.41, 5.74) is 3.49. The van der Waals surface area contributed by atoms with Crippen LogP contribution in [0.15, 0.2) is 24.3 Å². The van der Waals surface area contributed by atoms with Gasteiger partial charge in [0.25, 0.3) is 0 Å². The lowest BCUT2D eigenvalue weighted by Crippen LogP contribution is -2.37. The van der Waals surface area contributed by atoms with Crippen LogP contribution in [-0.4, -0.2) is 20.1 Å². The molecular formula is C16H26N2. The van der Waals surface area contributed by atoms with E-state index in [0.29, 0.717) is 5.41 Å². The van der Waals surface area contributed by atoms with Crippen LogP contribution in [0.4, 0.5) is 0 Å². The van der Waals surface area contributed by atoms with Crippen LogP contribution in [0, 0.1) is 5.41 Å². The van der Waals surface area contributed by atoms with Crippen LogP contribution in [0.25, 0.3) is 0 Å². The molecule has 0 radical (unpaired) electrons. The van der Waals surface area contributed by atoms with Gasteiger partial charge in [-0.05, 0) is 49.4 Å². The molecule has 0 aromatic heterocycles. The maximum Gasteiger partial charge on any atom is 0.0208 e. The zero-order valence-corrected chi connectivity index (χ0v) is 11.8. The van der Waals surface area contributed by atoms with Gasteiger partial charge in [-0.1, -0.05) is 37.6 Å². The number of hydrogen-bond donors (Lipinski definition) is 2. The Morgan fingerprint density at radius 1 is 1.17 bits per heavy atom. The Morgan fingerprint density at radius 2 is 1.89 bits per heavy atom. The first-order chi connectivity index (χ1) is 8.73. The van der Waals surface area contributed by atoms with Crippen LogP contribution in [-0.2, 0) is 13.0 Å². The van der Waals surface area contributed by atoms with Crippen molar-refractivity contribution < 1.29 is 0 Å². The Morgan fingerprint density at radius 3 is 2.50 bits per heavy atom. The highest BCUT2D eigenvalue weighted by atomic mass is 14.9. The van der Waals surface area contributed by atoms with Gasteiger partial charge in [-0.2, -0.15) is 0 Å². The molecule has 0 amide bonds. The van der Waals surface area contributed by atoms with Gasteiger partial charge in [-0.15, -0.1) is 0 Å². The zero-order chi connectivity index (χ0) is 12.8. The van der Waals surface area contributed by atoms with E-state index < -0.39 is 0 Å². The fraction of sp³-hybridized carbons (Fsp3) is 0.625. The molecule has 2 rings (SSSR count). The average Bonchev–Trinajstić information content (AvgIpc) is 2.35. The first kappa shape index (κ1) is 13.6. The quantitative estimate of drug-likeness (QED) is 0.773. The Bertz CT molecular complexity index is 369. The van der Waals surface area contributed by atoms with Gasteiger partial charge in [0.05, 0.1) is 0 Å². The molecule has 2 nitrogen and oxygen atoms in total. The highest BCUT2D eigenvalue weighted by molar-refractivity contribution is 5.27. The van der Waals surface area contributed by atoms with E-state index in [2.05, 4.69) is 41.8 Å². The lowest BCUT2D eigenvalue weighted by molar-refractivity contribution is 0.156. The minimum atomic E-state index is 0.569. The predicted octanol–water partition coefficient (Wildman–Crippen LogP) is 2.73. The molecular weight excluding hydrogens is 220 g/mol. The third kappa shape index (κ3) is 3.56. The van der Waals surface area contributed by atoms with Crippen LogP contribution in [0.5, 0.6) is 0 Å². The zero-order valence-electron chi connectivity index (χ0n) is 11.8. The summed E-state index contributed by atoms with van der Waals surface area (Å²) in [6.45, 7) is 5.62. The molecule has 1 aromatic rings. The van der Waals surface area contributed by atoms with Gasteiger partial charge >= 0.3 is 0 Å². The van der Waals surface area contributed by atoms with Gasteiger partial charge in [0.2, 0.25) is 0 Å². The number of likely N-dealkylation sites (N-methyl/N-ethyl adjacent to an activating group) is 1. The summed E-state index contributed by atoms with van der Waals surface area (Å²) in [5.74, 6) is 0. The van der Waals surface area contributed by atoms with Crippen LogP contribution < -0.4 is 10.6 Å². The largest absolute Gasteiger partial charge is 0.319 e. The van der Waals surface area contributed by atoms with E-state index in [-0.39, 0.29) is 0 Å². The molecule has 0 atom stereocenters. The summed E-state index contributed by atoms with van der Waals surface area (Å²) in [5, 5.41) is 6.86. The van der Waals surface area contributed by atoms with Crippen molar-refractivity contribution in [1.29, 1.82) is 0 Å². The molecule has 0 unspecified atom stereocenters. The first-order valence-electron chi connectivity index (χ1n) is 7.16. The Hall–Kier alpha value is -0.860. The van der Waals surface area contributed by atoms with Crippen LogP contribution in [0.1, 0.15) is 37.3 Å². The van der Waals surface area contributed by atoms with Crippen molar-refractivity contribution in [2.75, 3.05) is 20.1 Å². The molecule has 1 aliphatic carbocycles. The van der Waals surface area contributed by atoms with E-state index in [1.165, 1.54) is 30.4 Å². The Labute approximate surface area is 111 Å². The van der Waals surface area contributed by atoms with Crippen molar-refractivity contribution in [2.24, 2.45) is 5.41 Å². The third-order valence-electron chi connectivity index (χ3n) is 4.19. The number of rotatable bonds is 7. The molecule has 1 aromatic carbocycles. The standard InChI is InChI=1S/C16H26N2/c1-16(9-5-10-16)13-18-12-15-7-4-3-6-14(15)8-11-17-2/h3-4,6-7,17-18H,5,8-13H2,1-2H3. The molecule has 2 N–H and O–H groups in total. The van der Waals surface area contributed by atoms with E-state index in [1.54, 1.807) is 0 Å². The van der Waals surface area contributed by atoms with E-state index in [0.717, 1.165) is 26.1 Å². The maximum atomic E-state index is 3.64. The predicted molar refractivity (Wildman–Crippen MR) is 77.7 cm³/mol. The van der Waals surface area contributed by atoms with Crippen molar-refractivity contribution in [1.82, 2.24) is 10.6 Å². The van der Waals surface area contributed by atoms with Gasteiger partial charge in [0.15, 0.2) is 0 Å². The molecule has 0 heterocycles. The SMILES string of the molecule is CNCCc1ccccc1CNCC1(C)CCC1. The second-order valence-electron chi connectivity index (χ2n) is 5.89. The number of hydrogen-bond acceptors (Lipinski definition) is 2. The summed E-state index contributed by atoms with van der Waals surface area (Å²) in [6.07, 6.45) is 5.31. The third-order valence-corrected chi connectivity index (χ3v) is 4.19. The molecule has 100 valence electrons. The molecule has 0 saturated heterocycles. The smallest absolute Gasteiger partial charge is 0.0208 e. The van der Waals surface area contributed by atoms with Gasteiger partial charge in [0, 0.05) is 13.1 Å². The van der Waals surface area contributed by atoms with Crippen molar-refractivity contribution in [3.05, 3.63) is 35.4 Å². The normalized spacial score (nSPS) is 17.4. The lowest BCUT2D eigenvalue weighted by atomic mass is 9.70. The van der Waals surface area contributed by atoms with Gasteiger partial charge in [-0.3, -0.25) is 0 Å². The fourth-order valence-electron chi connectivity index (χ4n) is 2.69. The summed E-state index contributed by atoms with van der Waals surface area (Å²) < 4.78 is 0. The fourth-order valence-corrected chi connectivity index (χ4v) is 2.69. The molecule has 18 heavy (non-hydrogen) atoms. The summed E-state index contributed by atoms with van der Waals surface area (Å²) in [4.78, 5) is 0. The highest BCUT2D eigenvalue weighted by Crippen LogP contribution is 2.39. The molecule has 1 aliphatic rings. The first-order valence-corrected chi connectivity index (χ1v) is 7.16.